The number of benzene rings is 1. The molecule has 2 atom stereocenters. The molecule has 0 aliphatic carbocycles. The van der Waals surface area contributed by atoms with Crippen LogP contribution in [-0.2, 0) is 0 Å². The second-order valence-electron chi connectivity index (χ2n) is 7.50. The van der Waals surface area contributed by atoms with Gasteiger partial charge in [0, 0.05) is 25.4 Å². The molecule has 28 heavy (non-hydrogen) atoms. The lowest BCUT2D eigenvalue weighted by molar-refractivity contribution is 0.0217. The molecule has 2 aliphatic rings. The van der Waals surface area contributed by atoms with Crippen LogP contribution < -0.4 is 19.5 Å². The number of fused-ring (bicyclic) bond motifs is 1. The van der Waals surface area contributed by atoms with Gasteiger partial charge in [0.2, 0.25) is 5.75 Å². The van der Waals surface area contributed by atoms with Crippen molar-refractivity contribution in [3.8, 4) is 17.2 Å². The molecular weight excluding hydrogens is 360 g/mol. The number of piperidine rings is 1. The molecule has 2 heterocycles. The van der Waals surface area contributed by atoms with E-state index in [4.69, 9.17) is 14.2 Å². The molecule has 2 aliphatic heterocycles. The Bertz CT molecular complexity index is 666. The molecule has 0 radical (unpaired) electrons. The number of β-amino-alcohol motifs (C(OH)–C–C–N with tert-alkyl or cyclic N) is 1. The fourth-order valence-corrected chi connectivity index (χ4v) is 3.76. The summed E-state index contributed by atoms with van der Waals surface area (Å²) in [5.41, 5.74) is 0.438. The van der Waals surface area contributed by atoms with Crippen LogP contribution in [0.15, 0.2) is 12.1 Å². The highest BCUT2D eigenvalue weighted by molar-refractivity contribution is 5.98. The summed E-state index contributed by atoms with van der Waals surface area (Å²) < 4.78 is 16.9. The Labute approximate surface area is 166 Å². The number of hydrogen-bond acceptors (Lipinski definition) is 6. The van der Waals surface area contributed by atoms with E-state index in [2.05, 4.69) is 17.1 Å². The van der Waals surface area contributed by atoms with Crippen LogP contribution >= 0.6 is 0 Å². The Hall–Kier alpha value is -1.99. The first-order valence-electron chi connectivity index (χ1n) is 10.3. The fraction of sp³-hybridized carbons (Fsp3) is 0.667. The molecule has 1 fully saturated rings. The number of methoxy groups -OCH3 is 1. The number of nitrogens with one attached hydrogen (secondary N) is 1. The van der Waals surface area contributed by atoms with Crippen molar-refractivity contribution in [1.29, 1.82) is 0 Å². The summed E-state index contributed by atoms with van der Waals surface area (Å²) in [5.74, 6) is 1.32. The van der Waals surface area contributed by atoms with Crippen LogP contribution in [0.3, 0.4) is 0 Å². The Morgan fingerprint density at radius 1 is 1.32 bits per heavy atom. The van der Waals surface area contributed by atoms with Gasteiger partial charge in [-0.2, -0.15) is 0 Å². The van der Waals surface area contributed by atoms with Gasteiger partial charge in [0.05, 0.1) is 32.0 Å². The Morgan fingerprint density at radius 2 is 2.11 bits per heavy atom. The maximum atomic E-state index is 12.8. The van der Waals surface area contributed by atoms with Gasteiger partial charge in [0.15, 0.2) is 11.5 Å². The number of unbranched alkanes of at least 4 members (excludes halogenated alkanes) is 1. The van der Waals surface area contributed by atoms with Crippen molar-refractivity contribution in [1.82, 2.24) is 10.2 Å². The number of likely N-dealkylation sites (tertiary alicyclic amines) is 1. The summed E-state index contributed by atoms with van der Waals surface area (Å²) in [4.78, 5) is 15.1. The van der Waals surface area contributed by atoms with Crippen molar-refractivity contribution in [2.24, 2.45) is 5.92 Å². The predicted octanol–water partition coefficient (Wildman–Crippen LogP) is 2.07. The summed E-state index contributed by atoms with van der Waals surface area (Å²) in [6, 6.07) is 3.43. The standard InChI is InChI=1S/C21H32N2O5/c1-3-4-9-23-10-8-15(17(24)14-23)13-22-21(25)16-6-7-18(26-2)20-19(16)27-11-5-12-28-20/h6-7,15,17,24H,3-5,8-14H2,1-2H3,(H,22,25). The van der Waals surface area contributed by atoms with Crippen molar-refractivity contribution in [3.05, 3.63) is 17.7 Å². The minimum Gasteiger partial charge on any atom is -0.493 e. The van der Waals surface area contributed by atoms with Crippen molar-refractivity contribution >= 4 is 5.91 Å². The average molecular weight is 392 g/mol. The number of carbonyl (C=O) groups is 1. The number of rotatable bonds is 7. The normalized spacial score (nSPS) is 22.4. The van der Waals surface area contributed by atoms with Gasteiger partial charge in [0.25, 0.3) is 5.91 Å². The van der Waals surface area contributed by atoms with E-state index in [-0.39, 0.29) is 11.8 Å². The number of carbonyl (C=O) groups excluding carboxylic acids is 1. The van der Waals surface area contributed by atoms with Crippen molar-refractivity contribution < 1.29 is 24.1 Å². The van der Waals surface area contributed by atoms with E-state index < -0.39 is 6.10 Å². The average Bonchev–Trinajstić information content (AvgIpc) is 2.96. The first-order valence-corrected chi connectivity index (χ1v) is 10.3. The Morgan fingerprint density at radius 3 is 2.82 bits per heavy atom. The maximum absolute atomic E-state index is 12.8. The SMILES string of the molecule is CCCCN1CCC(CNC(=O)c2ccc(OC)c3c2OCCCO3)C(O)C1. The third-order valence-corrected chi connectivity index (χ3v) is 5.48. The van der Waals surface area contributed by atoms with Crippen molar-refractivity contribution in [3.63, 3.8) is 0 Å². The predicted molar refractivity (Wildman–Crippen MR) is 106 cm³/mol. The number of hydrogen-bond donors (Lipinski definition) is 2. The van der Waals surface area contributed by atoms with Crippen LogP contribution in [-0.4, -0.2) is 68.5 Å². The molecule has 7 nitrogen and oxygen atoms in total. The summed E-state index contributed by atoms with van der Waals surface area (Å²) >= 11 is 0. The molecule has 0 spiro atoms. The fourth-order valence-electron chi connectivity index (χ4n) is 3.76. The first-order chi connectivity index (χ1) is 13.6. The van der Waals surface area contributed by atoms with Crippen LogP contribution in [0.2, 0.25) is 0 Å². The first kappa shape index (κ1) is 20.7. The molecule has 0 bridgehead atoms. The quantitative estimate of drug-likeness (QED) is 0.740. The molecule has 1 aromatic carbocycles. The monoisotopic (exact) mass is 392 g/mol. The number of ether oxygens (including phenoxy) is 3. The van der Waals surface area contributed by atoms with Crippen molar-refractivity contribution in [2.75, 3.05) is 46.5 Å². The summed E-state index contributed by atoms with van der Waals surface area (Å²) in [5, 5.41) is 13.4. The van der Waals surface area contributed by atoms with E-state index in [0.717, 1.165) is 38.8 Å². The minimum atomic E-state index is -0.418. The van der Waals surface area contributed by atoms with E-state index in [1.165, 1.54) is 0 Å². The molecule has 7 heteroatoms. The van der Waals surface area contributed by atoms with Crippen LogP contribution in [0.4, 0.5) is 0 Å². The van der Waals surface area contributed by atoms with E-state index in [0.29, 0.717) is 49.1 Å². The molecule has 1 saturated heterocycles. The van der Waals surface area contributed by atoms with Crippen LogP contribution in [0.25, 0.3) is 0 Å². The van der Waals surface area contributed by atoms with Crippen molar-refractivity contribution in [2.45, 2.75) is 38.7 Å². The van der Waals surface area contributed by atoms with E-state index >= 15 is 0 Å². The number of aliphatic hydroxyl groups excluding tert-OH is 1. The molecule has 3 rings (SSSR count). The molecule has 0 saturated carbocycles. The molecule has 0 aromatic heterocycles. The highest BCUT2D eigenvalue weighted by Gasteiger charge is 2.29. The van der Waals surface area contributed by atoms with Crippen LogP contribution in [0.1, 0.15) is 43.0 Å². The zero-order valence-electron chi connectivity index (χ0n) is 16.9. The Kier molecular flexibility index (Phi) is 7.39. The number of nitrogens with zero attached hydrogens (tertiary/aromatic N) is 1. The Balaban J connectivity index is 1.61. The number of aliphatic hydroxyl groups is 1. The zero-order valence-corrected chi connectivity index (χ0v) is 16.9. The lowest BCUT2D eigenvalue weighted by Gasteiger charge is -2.36. The molecule has 1 amide bonds. The number of amides is 1. The molecular formula is C21H32N2O5. The van der Waals surface area contributed by atoms with Gasteiger partial charge in [-0.3, -0.25) is 4.79 Å². The van der Waals surface area contributed by atoms with Crippen LogP contribution in [0, 0.1) is 5.92 Å². The lowest BCUT2D eigenvalue weighted by Crippen LogP contribution is -2.47. The van der Waals surface area contributed by atoms with Gasteiger partial charge < -0.3 is 29.5 Å². The maximum Gasteiger partial charge on any atom is 0.255 e. The summed E-state index contributed by atoms with van der Waals surface area (Å²) in [6.45, 7) is 6.31. The third kappa shape index (κ3) is 4.89. The third-order valence-electron chi connectivity index (χ3n) is 5.48. The lowest BCUT2D eigenvalue weighted by atomic mass is 9.93. The summed E-state index contributed by atoms with van der Waals surface area (Å²) in [7, 11) is 1.57. The molecule has 156 valence electrons. The van der Waals surface area contributed by atoms with Crippen LogP contribution in [0.5, 0.6) is 17.2 Å². The van der Waals surface area contributed by atoms with Gasteiger partial charge >= 0.3 is 0 Å². The smallest absolute Gasteiger partial charge is 0.255 e. The second kappa shape index (κ2) is 9.98. The van der Waals surface area contributed by atoms with Gasteiger partial charge in [-0.15, -0.1) is 0 Å². The highest BCUT2D eigenvalue weighted by atomic mass is 16.5. The van der Waals surface area contributed by atoms with Gasteiger partial charge in [-0.1, -0.05) is 13.3 Å². The topological polar surface area (TPSA) is 80.3 Å². The minimum absolute atomic E-state index is 0.0656. The molecule has 1 aromatic rings. The second-order valence-corrected chi connectivity index (χ2v) is 7.50. The summed E-state index contributed by atoms with van der Waals surface area (Å²) in [6.07, 6.45) is 3.52. The van der Waals surface area contributed by atoms with E-state index in [1.807, 2.05) is 0 Å². The van der Waals surface area contributed by atoms with E-state index in [9.17, 15) is 9.90 Å². The largest absolute Gasteiger partial charge is 0.493 e. The van der Waals surface area contributed by atoms with Gasteiger partial charge in [0.1, 0.15) is 0 Å². The van der Waals surface area contributed by atoms with Gasteiger partial charge in [-0.25, -0.2) is 0 Å². The van der Waals surface area contributed by atoms with Gasteiger partial charge in [-0.05, 0) is 38.1 Å². The zero-order chi connectivity index (χ0) is 19.9. The van der Waals surface area contributed by atoms with E-state index in [1.54, 1.807) is 19.2 Å². The molecule has 2 unspecified atom stereocenters. The highest BCUT2D eigenvalue weighted by Crippen LogP contribution is 2.41. The molecule has 2 N–H and O–H groups in total.